The van der Waals surface area contributed by atoms with Crippen molar-refractivity contribution >= 4 is 16.8 Å². The van der Waals surface area contributed by atoms with Gasteiger partial charge in [0, 0.05) is 42.4 Å². The fourth-order valence-electron chi connectivity index (χ4n) is 2.63. The molecule has 0 aliphatic rings. The largest absolute Gasteiger partial charge is 0.496 e. The Morgan fingerprint density at radius 1 is 1.09 bits per heavy atom. The monoisotopic (exact) mass is 294 g/mol. The molecule has 0 saturated carbocycles. The number of methoxy groups -OCH3 is 1. The van der Waals surface area contributed by atoms with Crippen molar-refractivity contribution in [3.05, 3.63) is 54.2 Å². The third-order valence-corrected chi connectivity index (χ3v) is 3.71. The lowest BCUT2D eigenvalue weighted by atomic mass is 9.98. The van der Waals surface area contributed by atoms with Gasteiger partial charge in [0.25, 0.3) is 5.91 Å². The first-order chi connectivity index (χ1) is 10.6. The van der Waals surface area contributed by atoms with Crippen molar-refractivity contribution in [2.45, 2.75) is 0 Å². The maximum atomic E-state index is 12.3. The van der Waals surface area contributed by atoms with Crippen LogP contribution >= 0.6 is 0 Å². The molecular weight excluding hydrogens is 276 g/mol. The number of aromatic nitrogens is 1. The van der Waals surface area contributed by atoms with Crippen LogP contribution in [-0.2, 0) is 0 Å². The Morgan fingerprint density at radius 2 is 1.86 bits per heavy atom. The van der Waals surface area contributed by atoms with E-state index < -0.39 is 0 Å². The van der Waals surface area contributed by atoms with E-state index in [2.05, 4.69) is 4.98 Å². The highest BCUT2D eigenvalue weighted by atomic mass is 16.5. The molecule has 0 fully saturated rings. The summed E-state index contributed by atoms with van der Waals surface area (Å²) in [6, 6.07) is 13.6. The summed E-state index contributed by atoms with van der Waals surface area (Å²) in [6.07, 6.45) is 1.88. The van der Waals surface area contributed by atoms with Crippen LogP contribution in [0.5, 0.6) is 5.75 Å². The number of ether oxygens (including phenoxy) is 1. The zero-order chi connectivity index (χ0) is 15.7. The minimum Gasteiger partial charge on any atom is -0.496 e. The summed E-state index contributed by atoms with van der Waals surface area (Å²) in [7, 11) is 5.17. The molecule has 1 heterocycles. The Hall–Kier alpha value is -2.75. The molecule has 3 rings (SSSR count). The van der Waals surface area contributed by atoms with Gasteiger partial charge in [-0.1, -0.05) is 18.2 Å². The highest BCUT2D eigenvalue weighted by Crippen LogP contribution is 2.35. The van der Waals surface area contributed by atoms with Crippen LogP contribution in [0.2, 0.25) is 0 Å². The summed E-state index contributed by atoms with van der Waals surface area (Å²) in [5.74, 6) is 0.770. The SMILES string of the molecule is COc1ccccc1-c1cc(C(=O)N(C)C)cc2cc[nH]c12. The topological polar surface area (TPSA) is 45.3 Å². The van der Waals surface area contributed by atoms with Crippen LogP contribution in [0.4, 0.5) is 0 Å². The molecule has 22 heavy (non-hydrogen) atoms. The normalized spacial score (nSPS) is 10.7. The van der Waals surface area contributed by atoms with E-state index in [9.17, 15) is 4.79 Å². The highest BCUT2D eigenvalue weighted by molar-refractivity contribution is 6.04. The molecule has 0 radical (unpaired) electrons. The van der Waals surface area contributed by atoms with Crippen molar-refractivity contribution in [3.8, 4) is 16.9 Å². The van der Waals surface area contributed by atoms with Crippen LogP contribution in [0.1, 0.15) is 10.4 Å². The molecule has 0 aliphatic heterocycles. The van der Waals surface area contributed by atoms with Crippen molar-refractivity contribution < 1.29 is 9.53 Å². The van der Waals surface area contributed by atoms with E-state index in [4.69, 9.17) is 4.74 Å². The van der Waals surface area contributed by atoms with Crippen LogP contribution in [0.15, 0.2) is 48.7 Å². The summed E-state index contributed by atoms with van der Waals surface area (Å²) in [5.41, 5.74) is 3.59. The van der Waals surface area contributed by atoms with Gasteiger partial charge in [-0.05, 0) is 24.3 Å². The van der Waals surface area contributed by atoms with Crippen molar-refractivity contribution in [1.82, 2.24) is 9.88 Å². The van der Waals surface area contributed by atoms with Gasteiger partial charge in [-0.2, -0.15) is 0 Å². The number of rotatable bonds is 3. The summed E-state index contributed by atoms with van der Waals surface area (Å²) in [5, 5.41) is 1.01. The van der Waals surface area contributed by atoms with Crippen LogP contribution in [0.3, 0.4) is 0 Å². The molecule has 4 heteroatoms. The Bertz CT molecular complexity index is 834. The minimum atomic E-state index is -0.0146. The molecule has 2 aromatic carbocycles. The third kappa shape index (κ3) is 2.33. The first kappa shape index (κ1) is 14.2. The van der Waals surface area contributed by atoms with Gasteiger partial charge >= 0.3 is 0 Å². The molecule has 0 bridgehead atoms. The lowest BCUT2D eigenvalue weighted by Gasteiger charge is -2.14. The van der Waals surface area contributed by atoms with Gasteiger partial charge in [-0.3, -0.25) is 4.79 Å². The second-order valence-corrected chi connectivity index (χ2v) is 5.37. The molecule has 0 spiro atoms. The lowest BCUT2D eigenvalue weighted by molar-refractivity contribution is 0.0828. The number of amides is 1. The second kappa shape index (κ2) is 5.56. The standard InChI is InChI=1S/C18H18N2O2/c1-20(2)18(21)13-10-12-8-9-19-17(12)15(11-13)14-6-4-5-7-16(14)22-3/h4-11,19H,1-3H3. The predicted octanol–water partition coefficient (Wildman–Crippen LogP) is 3.55. The van der Waals surface area contributed by atoms with E-state index in [0.29, 0.717) is 5.56 Å². The quantitative estimate of drug-likeness (QED) is 0.803. The van der Waals surface area contributed by atoms with Gasteiger partial charge in [0.2, 0.25) is 0 Å². The molecular formula is C18H18N2O2. The van der Waals surface area contributed by atoms with Crippen LogP contribution in [0, 0.1) is 0 Å². The average Bonchev–Trinajstić information content (AvgIpc) is 3.01. The van der Waals surface area contributed by atoms with Crippen molar-refractivity contribution in [2.75, 3.05) is 21.2 Å². The summed E-state index contributed by atoms with van der Waals surface area (Å²) >= 11 is 0. The number of benzene rings is 2. The molecule has 4 nitrogen and oxygen atoms in total. The van der Waals surface area contributed by atoms with E-state index in [1.807, 2.05) is 48.7 Å². The molecule has 1 aromatic heterocycles. The second-order valence-electron chi connectivity index (χ2n) is 5.37. The predicted molar refractivity (Wildman–Crippen MR) is 88.3 cm³/mol. The van der Waals surface area contributed by atoms with Crippen LogP contribution in [0.25, 0.3) is 22.0 Å². The van der Waals surface area contributed by atoms with E-state index in [-0.39, 0.29) is 5.91 Å². The molecule has 112 valence electrons. The summed E-state index contributed by atoms with van der Waals surface area (Å²) in [6.45, 7) is 0. The van der Waals surface area contributed by atoms with Gasteiger partial charge in [0.1, 0.15) is 5.75 Å². The number of para-hydroxylation sites is 1. The number of hydrogen-bond acceptors (Lipinski definition) is 2. The van der Waals surface area contributed by atoms with E-state index in [1.165, 1.54) is 0 Å². The fraction of sp³-hybridized carbons (Fsp3) is 0.167. The highest BCUT2D eigenvalue weighted by Gasteiger charge is 2.15. The number of aromatic amines is 1. The zero-order valence-corrected chi connectivity index (χ0v) is 12.9. The molecule has 0 atom stereocenters. The number of nitrogens with one attached hydrogen (secondary N) is 1. The Morgan fingerprint density at radius 3 is 2.59 bits per heavy atom. The number of H-pyrrole nitrogens is 1. The van der Waals surface area contributed by atoms with Crippen LogP contribution in [-0.4, -0.2) is 37.0 Å². The fourth-order valence-corrected chi connectivity index (χ4v) is 2.63. The maximum absolute atomic E-state index is 12.3. The summed E-state index contributed by atoms with van der Waals surface area (Å²) < 4.78 is 5.46. The van der Waals surface area contributed by atoms with Gasteiger partial charge in [-0.25, -0.2) is 0 Å². The van der Waals surface area contributed by atoms with E-state index >= 15 is 0 Å². The molecule has 0 aliphatic carbocycles. The Kier molecular flexibility index (Phi) is 3.59. The minimum absolute atomic E-state index is 0.0146. The first-order valence-electron chi connectivity index (χ1n) is 7.08. The number of carbonyl (C=O) groups excluding carboxylic acids is 1. The van der Waals surface area contributed by atoms with Gasteiger partial charge in [0.15, 0.2) is 0 Å². The van der Waals surface area contributed by atoms with Gasteiger partial charge in [-0.15, -0.1) is 0 Å². The van der Waals surface area contributed by atoms with Crippen molar-refractivity contribution in [3.63, 3.8) is 0 Å². The third-order valence-electron chi connectivity index (χ3n) is 3.71. The van der Waals surface area contributed by atoms with Crippen LogP contribution < -0.4 is 4.74 Å². The van der Waals surface area contributed by atoms with E-state index in [0.717, 1.165) is 27.8 Å². The number of carbonyl (C=O) groups is 1. The number of fused-ring (bicyclic) bond motifs is 1. The van der Waals surface area contributed by atoms with E-state index in [1.54, 1.807) is 26.1 Å². The van der Waals surface area contributed by atoms with Gasteiger partial charge in [0.05, 0.1) is 12.6 Å². The molecule has 0 unspecified atom stereocenters. The zero-order valence-electron chi connectivity index (χ0n) is 12.9. The smallest absolute Gasteiger partial charge is 0.253 e. The number of nitrogens with zero attached hydrogens (tertiary/aromatic N) is 1. The number of hydrogen-bond donors (Lipinski definition) is 1. The summed E-state index contributed by atoms with van der Waals surface area (Å²) in [4.78, 5) is 17.2. The average molecular weight is 294 g/mol. The molecule has 1 N–H and O–H groups in total. The molecule has 0 saturated heterocycles. The lowest BCUT2D eigenvalue weighted by Crippen LogP contribution is -2.21. The molecule has 3 aromatic rings. The Balaban J connectivity index is 2.28. The Labute approximate surface area is 129 Å². The van der Waals surface area contributed by atoms with Crippen molar-refractivity contribution in [2.24, 2.45) is 0 Å². The van der Waals surface area contributed by atoms with Crippen molar-refractivity contribution in [1.29, 1.82) is 0 Å². The van der Waals surface area contributed by atoms with Gasteiger partial charge < -0.3 is 14.6 Å². The molecule has 1 amide bonds. The first-order valence-corrected chi connectivity index (χ1v) is 7.08. The maximum Gasteiger partial charge on any atom is 0.253 e.